The first-order valence-electron chi connectivity index (χ1n) is 7.65. The summed E-state index contributed by atoms with van der Waals surface area (Å²) >= 11 is 0. The lowest BCUT2D eigenvalue weighted by Crippen LogP contribution is -2.37. The highest BCUT2D eigenvalue weighted by atomic mass is 16.5. The van der Waals surface area contributed by atoms with E-state index in [2.05, 4.69) is 40.8 Å². The molecular formula is C15H18N8O2. The van der Waals surface area contributed by atoms with Crippen molar-refractivity contribution in [2.45, 2.75) is 33.7 Å². The fourth-order valence-electron chi connectivity index (χ4n) is 2.26. The van der Waals surface area contributed by atoms with E-state index in [1.807, 2.05) is 20.8 Å². The summed E-state index contributed by atoms with van der Waals surface area (Å²) in [6, 6.07) is 1.11. The van der Waals surface area contributed by atoms with Gasteiger partial charge in [0.15, 0.2) is 5.82 Å². The van der Waals surface area contributed by atoms with Crippen molar-refractivity contribution in [2.75, 3.05) is 0 Å². The molecule has 0 radical (unpaired) electrons. The molecule has 0 spiro atoms. The molecule has 1 amide bonds. The van der Waals surface area contributed by atoms with Crippen molar-refractivity contribution < 1.29 is 9.32 Å². The number of H-pyrrole nitrogens is 1. The standard InChI is InChI=1S/C15H18N8O2/c1-8-9(5-6-17-21-8)13(24)19-10(15(2,3)4)14-20-12(23-25-14)11-16-7-18-22-11/h5-7,10H,1-4H3,(H,19,24)(H,16,18,22)/t10-/m1/s1. The second-order valence-corrected chi connectivity index (χ2v) is 6.59. The fourth-order valence-corrected chi connectivity index (χ4v) is 2.26. The molecule has 0 saturated heterocycles. The lowest BCUT2D eigenvalue weighted by molar-refractivity contribution is 0.0879. The molecule has 0 bridgehead atoms. The highest BCUT2D eigenvalue weighted by Crippen LogP contribution is 2.32. The molecule has 0 aliphatic rings. The highest BCUT2D eigenvalue weighted by Gasteiger charge is 2.33. The summed E-state index contributed by atoms with van der Waals surface area (Å²) in [4.78, 5) is 21.0. The summed E-state index contributed by atoms with van der Waals surface area (Å²) in [6.45, 7) is 7.62. The van der Waals surface area contributed by atoms with E-state index in [0.717, 1.165) is 0 Å². The molecule has 0 fully saturated rings. The van der Waals surface area contributed by atoms with Gasteiger partial charge in [0, 0.05) is 0 Å². The summed E-state index contributed by atoms with van der Waals surface area (Å²) in [5.41, 5.74) is 0.620. The normalized spacial score (nSPS) is 12.8. The van der Waals surface area contributed by atoms with Crippen LogP contribution >= 0.6 is 0 Å². The quantitative estimate of drug-likeness (QED) is 0.727. The summed E-state index contributed by atoms with van der Waals surface area (Å²) in [7, 11) is 0. The molecule has 3 rings (SSSR count). The molecule has 1 atom stereocenters. The van der Waals surface area contributed by atoms with E-state index in [1.165, 1.54) is 12.5 Å². The fraction of sp³-hybridized carbons (Fsp3) is 0.400. The van der Waals surface area contributed by atoms with Crippen LogP contribution in [0, 0.1) is 12.3 Å². The molecule has 130 valence electrons. The first-order valence-corrected chi connectivity index (χ1v) is 7.65. The number of aromatic nitrogens is 7. The molecular weight excluding hydrogens is 324 g/mol. The van der Waals surface area contributed by atoms with Crippen LogP contribution in [-0.4, -0.2) is 41.4 Å². The predicted molar refractivity (Wildman–Crippen MR) is 86.1 cm³/mol. The van der Waals surface area contributed by atoms with Gasteiger partial charge in [-0.15, -0.1) is 0 Å². The molecule has 3 heterocycles. The maximum absolute atomic E-state index is 12.6. The van der Waals surface area contributed by atoms with Crippen LogP contribution in [0.3, 0.4) is 0 Å². The zero-order chi connectivity index (χ0) is 18.0. The lowest BCUT2D eigenvalue weighted by atomic mass is 9.86. The van der Waals surface area contributed by atoms with Crippen molar-refractivity contribution >= 4 is 5.91 Å². The van der Waals surface area contributed by atoms with Crippen LogP contribution in [0.4, 0.5) is 0 Å². The Morgan fingerprint density at radius 2 is 2.16 bits per heavy atom. The largest absolute Gasteiger partial charge is 0.340 e. The van der Waals surface area contributed by atoms with Crippen LogP contribution in [0.15, 0.2) is 23.1 Å². The number of amides is 1. The predicted octanol–water partition coefficient (Wildman–Crippen LogP) is 1.47. The first kappa shape index (κ1) is 16.7. The Balaban J connectivity index is 1.89. The second-order valence-electron chi connectivity index (χ2n) is 6.59. The smallest absolute Gasteiger partial charge is 0.253 e. The number of carbonyl (C=O) groups is 1. The van der Waals surface area contributed by atoms with Gasteiger partial charge in [-0.05, 0) is 18.4 Å². The first-order chi connectivity index (χ1) is 11.9. The Morgan fingerprint density at radius 3 is 2.80 bits per heavy atom. The van der Waals surface area contributed by atoms with Gasteiger partial charge in [0.05, 0.1) is 17.5 Å². The Hall–Kier alpha value is -3.17. The molecule has 0 aliphatic heterocycles. The number of hydrogen-bond donors (Lipinski definition) is 2. The van der Waals surface area contributed by atoms with E-state index in [1.54, 1.807) is 13.0 Å². The summed E-state index contributed by atoms with van der Waals surface area (Å²) in [5, 5.41) is 20.9. The van der Waals surface area contributed by atoms with Crippen molar-refractivity contribution in [3.63, 3.8) is 0 Å². The molecule has 0 unspecified atom stereocenters. The number of aromatic amines is 1. The van der Waals surface area contributed by atoms with Gasteiger partial charge in [-0.1, -0.05) is 25.9 Å². The van der Waals surface area contributed by atoms with Crippen molar-refractivity contribution in [3.8, 4) is 11.6 Å². The second kappa shape index (κ2) is 6.38. The average Bonchev–Trinajstić information content (AvgIpc) is 3.22. The minimum atomic E-state index is -0.503. The Morgan fingerprint density at radius 1 is 1.36 bits per heavy atom. The van der Waals surface area contributed by atoms with E-state index in [0.29, 0.717) is 17.1 Å². The van der Waals surface area contributed by atoms with Crippen LogP contribution < -0.4 is 5.32 Å². The molecule has 0 aliphatic carbocycles. The highest BCUT2D eigenvalue weighted by molar-refractivity contribution is 5.95. The van der Waals surface area contributed by atoms with Crippen LogP contribution in [0.2, 0.25) is 0 Å². The molecule has 2 N–H and O–H groups in total. The molecule has 10 heteroatoms. The Labute approximate surface area is 143 Å². The number of nitrogens with one attached hydrogen (secondary N) is 2. The molecule has 25 heavy (non-hydrogen) atoms. The summed E-state index contributed by atoms with van der Waals surface area (Å²) < 4.78 is 5.35. The van der Waals surface area contributed by atoms with E-state index in [4.69, 9.17) is 4.52 Å². The zero-order valence-corrected chi connectivity index (χ0v) is 14.3. The van der Waals surface area contributed by atoms with E-state index in [-0.39, 0.29) is 23.0 Å². The van der Waals surface area contributed by atoms with Gasteiger partial charge in [-0.3, -0.25) is 9.89 Å². The van der Waals surface area contributed by atoms with Gasteiger partial charge in [0.25, 0.3) is 5.91 Å². The topological polar surface area (TPSA) is 135 Å². The summed E-state index contributed by atoms with van der Waals surface area (Å²) in [6.07, 6.45) is 2.83. The van der Waals surface area contributed by atoms with Gasteiger partial charge in [-0.25, -0.2) is 4.98 Å². The molecule has 3 aromatic heterocycles. The minimum Gasteiger partial charge on any atom is -0.340 e. The lowest BCUT2D eigenvalue weighted by Gasteiger charge is -2.28. The van der Waals surface area contributed by atoms with Crippen molar-refractivity contribution in [1.29, 1.82) is 0 Å². The Kier molecular flexibility index (Phi) is 4.26. The summed E-state index contributed by atoms with van der Waals surface area (Å²) in [5.74, 6) is 0.666. The number of rotatable bonds is 4. The van der Waals surface area contributed by atoms with E-state index < -0.39 is 6.04 Å². The van der Waals surface area contributed by atoms with Gasteiger partial charge in [-0.2, -0.15) is 20.3 Å². The number of nitrogens with zero attached hydrogens (tertiary/aromatic N) is 6. The Bertz CT molecular complexity index is 866. The maximum atomic E-state index is 12.6. The van der Waals surface area contributed by atoms with Crippen molar-refractivity contribution in [2.24, 2.45) is 5.41 Å². The van der Waals surface area contributed by atoms with Crippen LogP contribution in [0.5, 0.6) is 0 Å². The monoisotopic (exact) mass is 342 g/mol. The van der Waals surface area contributed by atoms with Crippen molar-refractivity contribution in [3.05, 3.63) is 35.7 Å². The third-order valence-corrected chi connectivity index (χ3v) is 3.61. The van der Waals surface area contributed by atoms with Crippen LogP contribution in [0.25, 0.3) is 11.6 Å². The number of carbonyl (C=O) groups excluding carboxylic acids is 1. The molecule has 10 nitrogen and oxygen atoms in total. The maximum Gasteiger partial charge on any atom is 0.253 e. The van der Waals surface area contributed by atoms with Crippen LogP contribution in [0.1, 0.15) is 48.8 Å². The number of hydrogen-bond acceptors (Lipinski definition) is 8. The van der Waals surface area contributed by atoms with Gasteiger partial charge < -0.3 is 9.84 Å². The van der Waals surface area contributed by atoms with Gasteiger partial charge in [0.1, 0.15) is 12.4 Å². The third-order valence-electron chi connectivity index (χ3n) is 3.61. The molecule has 0 aromatic carbocycles. The van der Waals surface area contributed by atoms with E-state index >= 15 is 0 Å². The SMILES string of the molecule is Cc1nnccc1C(=O)N[C@H](c1nc(-c2ncn[nH]2)no1)C(C)(C)C. The number of aryl methyl sites for hydroxylation is 1. The van der Waals surface area contributed by atoms with Crippen molar-refractivity contribution in [1.82, 2.24) is 40.8 Å². The van der Waals surface area contributed by atoms with Gasteiger partial charge >= 0.3 is 0 Å². The average molecular weight is 342 g/mol. The minimum absolute atomic E-state index is 0.276. The molecule has 3 aromatic rings. The van der Waals surface area contributed by atoms with E-state index in [9.17, 15) is 4.79 Å². The van der Waals surface area contributed by atoms with Gasteiger partial charge in [0.2, 0.25) is 11.7 Å². The molecule has 0 saturated carbocycles. The zero-order valence-electron chi connectivity index (χ0n) is 14.3. The third kappa shape index (κ3) is 3.52. The van der Waals surface area contributed by atoms with Crippen LogP contribution in [-0.2, 0) is 0 Å².